The van der Waals surface area contributed by atoms with Crippen LogP contribution in [0.15, 0.2) is 66.9 Å². The average molecular weight is 385 g/mol. The number of para-hydroxylation sites is 1. The predicted molar refractivity (Wildman–Crippen MR) is 113 cm³/mol. The lowest BCUT2D eigenvalue weighted by atomic mass is 10.2. The molecule has 4 aromatic rings. The van der Waals surface area contributed by atoms with Crippen molar-refractivity contribution >= 4 is 39.9 Å². The van der Waals surface area contributed by atoms with Crippen LogP contribution >= 0.6 is 0 Å². The Kier molecular flexibility index (Phi) is 5.03. The molecule has 2 N–H and O–H groups in total. The summed E-state index contributed by atoms with van der Waals surface area (Å²) in [6.07, 6.45) is 1.76. The van der Waals surface area contributed by atoms with Crippen molar-refractivity contribution in [2.75, 3.05) is 17.7 Å². The van der Waals surface area contributed by atoms with E-state index < -0.39 is 5.97 Å². The molecule has 2 aromatic carbocycles. The lowest BCUT2D eigenvalue weighted by molar-refractivity contribution is 0.0601. The zero-order valence-corrected chi connectivity index (χ0v) is 16.0. The van der Waals surface area contributed by atoms with Gasteiger partial charge in [0.1, 0.15) is 17.5 Å². The molecule has 7 heteroatoms. The molecule has 0 bridgehead atoms. The maximum Gasteiger partial charge on any atom is 0.337 e. The van der Waals surface area contributed by atoms with Gasteiger partial charge in [-0.05, 0) is 37.3 Å². The minimum Gasteiger partial charge on any atom is -0.465 e. The largest absolute Gasteiger partial charge is 0.465 e. The summed E-state index contributed by atoms with van der Waals surface area (Å²) >= 11 is 0. The second-order valence-corrected chi connectivity index (χ2v) is 6.39. The van der Waals surface area contributed by atoms with Crippen molar-refractivity contribution in [1.29, 1.82) is 0 Å². The van der Waals surface area contributed by atoms with E-state index in [1.807, 2.05) is 43.3 Å². The Morgan fingerprint density at radius 1 is 0.931 bits per heavy atom. The first-order valence-electron chi connectivity index (χ1n) is 9.04. The van der Waals surface area contributed by atoms with Gasteiger partial charge in [0.15, 0.2) is 0 Å². The lowest BCUT2D eigenvalue weighted by Crippen LogP contribution is -2.04. The summed E-state index contributed by atoms with van der Waals surface area (Å²) in [5, 5.41) is 7.58. The lowest BCUT2D eigenvalue weighted by Gasteiger charge is -2.12. The van der Waals surface area contributed by atoms with Crippen LogP contribution in [0.25, 0.3) is 10.9 Å². The van der Waals surface area contributed by atoms with Gasteiger partial charge < -0.3 is 15.4 Å². The minimum absolute atomic E-state index is 0.390. The number of benzene rings is 2. The van der Waals surface area contributed by atoms with Crippen LogP contribution in [-0.2, 0) is 4.74 Å². The summed E-state index contributed by atoms with van der Waals surface area (Å²) in [5.74, 6) is 1.46. The van der Waals surface area contributed by atoms with Gasteiger partial charge in [-0.3, -0.25) is 4.98 Å². The SMILES string of the molecule is COC(=O)c1cccc(Nc2cc(Nc3cccc4cccnc34)nc(C)n2)c1. The Balaban J connectivity index is 1.62. The van der Waals surface area contributed by atoms with Crippen LogP contribution in [0.5, 0.6) is 0 Å². The number of anilines is 4. The fourth-order valence-electron chi connectivity index (χ4n) is 3.03. The fraction of sp³-hybridized carbons (Fsp3) is 0.0909. The highest BCUT2D eigenvalue weighted by molar-refractivity contribution is 5.92. The summed E-state index contributed by atoms with van der Waals surface area (Å²) in [6, 6.07) is 18.7. The molecule has 0 unspecified atom stereocenters. The van der Waals surface area contributed by atoms with Crippen LogP contribution in [0.1, 0.15) is 16.2 Å². The molecular formula is C22H19N5O2. The normalized spacial score (nSPS) is 10.6. The smallest absolute Gasteiger partial charge is 0.337 e. The monoisotopic (exact) mass is 385 g/mol. The van der Waals surface area contributed by atoms with Crippen molar-refractivity contribution in [2.24, 2.45) is 0 Å². The van der Waals surface area contributed by atoms with Crippen molar-refractivity contribution in [3.8, 4) is 0 Å². The number of ether oxygens (including phenoxy) is 1. The molecule has 0 atom stereocenters. The van der Waals surface area contributed by atoms with Gasteiger partial charge in [0, 0.05) is 23.3 Å². The first kappa shape index (κ1) is 18.4. The molecular weight excluding hydrogens is 366 g/mol. The number of rotatable bonds is 5. The molecule has 7 nitrogen and oxygen atoms in total. The van der Waals surface area contributed by atoms with E-state index in [-0.39, 0.29) is 0 Å². The Labute approximate surface area is 167 Å². The second kappa shape index (κ2) is 7.93. The van der Waals surface area contributed by atoms with E-state index in [1.54, 1.807) is 30.5 Å². The predicted octanol–water partition coefficient (Wildman–Crippen LogP) is 4.61. The number of aromatic nitrogens is 3. The molecule has 4 rings (SSSR count). The molecule has 144 valence electrons. The summed E-state index contributed by atoms with van der Waals surface area (Å²) in [6.45, 7) is 1.82. The van der Waals surface area contributed by atoms with Gasteiger partial charge in [-0.2, -0.15) is 0 Å². The maximum absolute atomic E-state index is 11.7. The topological polar surface area (TPSA) is 89.0 Å². The van der Waals surface area contributed by atoms with Crippen LogP contribution in [0.4, 0.5) is 23.0 Å². The van der Waals surface area contributed by atoms with Gasteiger partial charge in [-0.25, -0.2) is 14.8 Å². The third kappa shape index (κ3) is 4.14. The van der Waals surface area contributed by atoms with Crippen molar-refractivity contribution < 1.29 is 9.53 Å². The van der Waals surface area contributed by atoms with Crippen molar-refractivity contribution in [1.82, 2.24) is 15.0 Å². The fourth-order valence-corrected chi connectivity index (χ4v) is 3.03. The standard InChI is InChI=1S/C22H19N5O2/c1-14-24-19(26-17-9-3-7-16(12-17)22(28)29-2)13-20(25-14)27-18-10-4-6-15-8-5-11-23-21(15)18/h3-13H,1-2H3,(H2,24,25,26,27). The van der Waals surface area contributed by atoms with Gasteiger partial charge in [-0.15, -0.1) is 0 Å². The van der Waals surface area contributed by atoms with Crippen LogP contribution in [0.3, 0.4) is 0 Å². The van der Waals surface area contributed by atoms with Crippen LogP contribution in [0.2, 0.25) is 0 Å². The molecule has 0 aliphatic heterocycles. The number of hydrogen-bond acceptors (Lipinski definition) is 7. The van der Waals surface area contributed by atoms with Crippen molar-refractivity contribution in [3.63, 3.8) is 0 Å². The van der Waals surface area contributed by atoms with Gasteiger partial charge >= 0.3 is 5.97 Å². The number of aryl methyl sites for hydroxylation is 1. The molecule has 0 radical (unpaired) electrons. The van der Waals surface area contributed by atoms with E-state index in [0.29, 0.717) is 23.0 Å². The molecule has 0 aliphatic carbocycles. The van der Waals surface area contributed by atoms with E-state index in [1.165, 1.54) is 7.11 Å². The summed E-state index contributed by atoms with van der Waals surface area (Å²) in [4.78, 5) is 25.1. The van der Waals surface area contributed by atoms with Crippen LogP contribution < -0.4 is 10.6 Å². The zero-order valence-electron chi connectivity index (χ0n) is 16.0. The van der Waals surface area contributed by atoms with E-state index in [4.69, 9.17) is 4.74 Å². The molecule has 0 saturated carbocycles. The Hall–Kier alpha value is -4.00. The molecule has 0 fully saturated rings. The second-order valence-electron chi connectivity index (χ2n) is 6.39. The molecule has 0 amide bonds. The quantitative estimate of drug-likeness (QED) is 0.485. The highest BCUT2D eigenvalue weighted by Gasteiger charge is 2.09. The number of hydrogen-bond donors (Lipinski definition) is 2. The van der Waals surface area contributed by atoms with Crippen LogP contribution in [0, 0.1) is 6.92 Å². The van der Waals surface area contributed by atoms with Crippen molar-refractivity contribution in [3.05, 3.63) is 78.2 Å². The number of esters is 1. The minimum atomic E-state index is -0.390. The molecule has 0 aliphatic rings. The number of nitrogens with one attached hydrogen (secondary N) is 2. The van der Waals surface area contributed by atoms with E-state index in [0.717, 1.165) is 22.3 Å². The van der Waals surface area contributed by atoms with Gasteiger partial charge in [0.25, 0.3) is 0 Å². The first-order valence-corrected chi connectivity index (χ1v) is 9.04. The van der Waals surface area contributed by atoms with E-state index in [9.17, 15) is 4.79 Å². The summed E-state index contributed by atoms with van der Waals surface area (Å²) in [5.41, 5.74) is 2.92. The highest BCUT2D eigenvalue weighted by atomic mass is 16.5. The first-order chi connectivity index (χ1) is 14.1. The molecule has 2 aromatic heterocycles. The number of carbonyl (C=O) groups excluding carboxylic acids is 1. The molecule has 2 heterocycles. The maximum atomic E-state index is 11.7. The molecule has 0 spiro atoms. The number of methoxy groups -OCH3 is 1. The average Bonchev–Trinajstić information content (AvgIpc) is 2.73. The number of carbonyl (C=O) groups is 1. The molecule has 0 saturated heterocycles. The van der Waals surface area contributed by atoms with Gasteiger partial charge in [0.05, 0.1) is 23.9 Å². The number of pyridine rings is 1. The zero-order chi connectivity index (χ0) is 20.2. The Morgan fingerprint density at radius 2 is 1.69 bits per heavy atom. The summed E-state index contributed by atoms with van der Waals surface area (Å²) in [7, 11) is 1.36. The molecule has 29 heavy (non-hydrogen) atoms. The highest BCUT2D eigenvalue weighted by Crippen LogP contribution is 2.25. The number of fused-ring (bicyclic) bond motifs is 1. The Bertz CT molecular complexity index is 1190. The third-order valence-corrected chi connectivity index (χ3v) is 4.29. The Morgan fingerprint density at radius 3 is 2.52 bits per heavy atom. The van der Waals surface area contributed by atoms with Gasteiger partial charge in [0.2, 0.25) is 0 Å². The number of nitrogens with zero attached hydrogens (tertiary/aromatic N) is 3. The third-order valence-electron chi connectivity index (χ3n) is 4.29. The summed E-state index contributed by atoms with van der Waals surface area (Å²) < 4.78 is 4.77. The van der Waals surface area contributed by atoms with Gasteiger partial charge in [-0.1, -0.05) is 24.3 Å². The van der Waals surface area contributed by atoms with Crippen molar-refractivity contribution in [2.45, 2.75) is 6.92 Å². The van der Waals surface area contributed by atoms with Crippen LogP contribution in [-0.4, -0.2) is 28.0 Å². The van der Waals surface area contributed by atoms with E-state index in [2.05, 4.69) is 25.6 Å². The van der Waals surface area contributed by atoms with E-state index >= 15 is 0 Å².